The Balaban J connectivity index is 1.64. The average Bonchev–Trinajstić information content (AvgIpc) is 2.65. The molecule has 3 rings (SSSR count). The Bertz CT molecular complexity index is 599. The van der Waals surface area contributed by atoms with Gasteiger partial charge >= 0.3 is 0 Å². The molecular weight excluding hydrogens is 355 g/mol. The van der Waals surface area contributed by atoms with Crippen molar-refractivity contribution in [3.63, 3.8) is 0 Å². The maximum absolute atomic E-state index is 13.5. The molecule has 1 N–H and O–H groups in total. The second-order valence-corrected chi connectivity index (χ2v) is 7.93. The predicted octanol–water partition coefficient (Wildman–Crippen LogP) is 2.31. The molecule has 0 bridgehead atoms. The zero-order valence-electron chi connectivity index (χ0n) is 16.0. The number of hydrogen-bond acceptors (Lipinski definition) is 4. The number of rotatable bonds is 6. The minimum absolute atomic E-state index is 0.181. The average molecular weight is 385 g/mol. The van der Waals surface area contributed by atoms with Crippen molar-refractivity contribution in [3.05, 3.63) is 35.1 Å². The van der Waals surface area contributed by atoms with Gasteiger partial charge < -0.3 is 10.0 Å². The molecule has 4 nitrogen and oxygen atoms in total. The van der Waals surface area contributed by atoms with Crippen molar-refractivity contribution in [1.29, 1.82) is 0 Å². The van der Waals surface area contributed by atoms with Gasteiger partial charge in [0, 0.05) is 51.9 Å². The molecule has 0 spiro atoms. The van der Waals surface area contributed by atoms with Gasteiger partial charge in [0.15, 0.2) is 17.5 Å². The van der Waals surface area contributed by atoms with Crippen LogP contribution in [0.2, 0.25) is 0 Å². The number of piperidine rings is 1. The highest BCUT2D eigenvalue weighted by Gasteiger charge is 2.34. The summed E-state index contributed by atoms with van der Waals surface area (Å²) in [5.74, 6) is -3.25. The molecule has 2 aliphatic rings. The van der Waals surface area contributed by atoms with E-state index >= 15 is 0 Å². The minimum atomic E-state index is -1.41. The van der Waals surface area contributed by atoms with Crippen molar-refractivity contribution in [3.8, 4) is 0 Å². The van der Waals surface area contributed by atoms with Crippen LogP contribution >= 0.6 is 0 Å². The molecule has 27 heavy (non-hydrogen) atoms. The molecule has 0 aliphatic carbocycles. The van der Waals surface area contributed by atoms with E-state index in [2.05, 4.69) is 21.7 Å². The van der Waals surface area contributed by atoms with Gasteiger partial charge in [-0.15, -0.1) is 0 Å². The van der Waals surface area contributed by atoms with E-state index in [4.69, 9.17) is 0 Å². The lowest BCUT2D eigenvalue weighted by atomic mass is 9.86. The first-order valence-corrected chi connectivity index (χ1v) is 9.87. The standard InChI is InChI=1S/C20H30F3N3O/c1-24-6-8-26(9-7-24)19-4-5-25(14-16(19)3-2-10-27)13-15-11-17(21)20(23)18(22)12-15/h11-12,16,19,27H,2-10,13-14H2,1H3/t16-,19+/m1/s1. The molecule has 0 unspecified atom stereocenters. The zero-order chi connectivity index (χ0) is 19.4. The molecule has 1 aromatic rings. The van der Waals surface area contributed by atoms with Crippen molar-refractivity contribution in [2.75, 3.05) is 52.9 Å². The van der Waals surface area contributed by atoms with Crippen LogP contribution in [-0.2, 0) is 6.54 Å². The number of nitrogens with zero attached hydrogens (tertiary/aromatic N) is 3. The fraction of sp³-hybridized carbons (Fsp3) is 0.700. The maximum Gasteiger partial charge on any atom is 0.194 e. The van der Waals surface area contributed by atoms with Crippen molar-refractivity contribution in [1.82, 2.24) is 14.7 Å². The van der Waals surface area contributed by atoms with Crippen LogP contribution in [0.25, 0.3) is 0 Å². The van der Waals surface area contributed by atoms with Crippen LogP contribution < -0.4 is 0 Å². The van der Waals surface area contributed by atoms with Crippen LogP contribution in [-0.4, -0.2) is 78.8 Å². The Labute approximate surface area is 159 Å². The van der Waals surface area contributed by atoms with Crippen LogP contribution in [0.1, 0.15) is 24.8 Å². The smallest absolute Gasteiger partial charge is 0.194 e. The van der Waals surface area contributed by atoms with Crippen molar-refractivity contribution < 1.29 is 18.3 Å². The first kappa shape index (κ1) is 20.6. The number of aliphatic hydroxyl groups is 1. The van der Waals surface area contributed by atoms with E-state index in [1.807, 2.05) is 0 Å². The first-order chi connectivity index (χ1) is 13.0. The summed E-state index contributed by atoms with van der Waals surface area (Å²) < 4.78 is 40.2. The largest absolute Gasteiger partial charge is 0.396 e. The summed E-state index contributed by atoms with van der Waals surface area (Å²) in [6.45, 7) is 6.54. The van der Waals surface area contributed by atoms with Crippen LogP contribution in [0.4, 0.5) is 13.2 Å². The number of benzene rings is 1. The lowest BCUT2D eigenvalue weighted by molar-refractivity contribution is 0.0211. The third kappa shape index (κ3) is 5.22. The molecule has 0 aromatic heterocycles. The third-order valence-electron chi connectivity index (χ3n) is 5.97. The number of likely N-dealkylation sites (tertiary alicyclic amines) is 1. The normalized spacial score (nSPS) is 25.8. The van der Waals surface area contributed by atoms with Crippen molar-refractivity contribution in [2.45, 2.75) is 31.8 Å². The van der Waals surface area contributed by atoms with Crippen LogP contribution in [0, 0.1) is 23.4 Å². The summed E-state index contributed by atoms with van der Waals surface area (Å²) in [6, 6.07) is 2.67. The Hall–Kier alpha value is -1.15. The van der Waals surface area contributed by atoms with E-state index in [1.54, 1.807) is 0 Å². The molecule has 0 radical (unpaired) electrons. The van der Waals surface area contributed by atoms with E-state index in [0.29, 0.717) is 24.1 Å². The van der Waals surface area contributed by atoms with Gasteiger partial charge in [0.25, 0.3) is 0 Å². The fourth-order valence-corrected chi connectivity index (χ4v) is 4.47. The zero-order valence-corrected chi connectivity index (χ0v) is 16.0. The lowest BCUT2D eigenvalue weighted by Gasteiger charge is -2.46. The summed E-state index contributed by atoms with van der Waals surface area (Å²) in [6.07, 6.45) is 2.71. The molecule has 2 heterocycles. The summed E-state index contributed by atoms with van der Waals surface area (Å²) in [5, 5.41) is 9.26. The summed E-state index contributed by atoms with van der Waals surface area (Å²) in [4.78, 5) is 7.10. The van der Waals surface area contributed by atoms with Gasteiger partial charge in [0.1, 0.15) is 0 Å². The van der Waals surface area contributed by atoms with Crippen molar-refractivity contribution >= 4 is 0 Å². The summed E-state index contributed by atoms with van der Waals surface area (Å²) >= 11 is 0. The number of aliphatic hydroxyl groups excluding tert-OH is 1. The lowest BCUT2D eigenvalue weighted by Crippen LogP contribution is -2.56. The molecule has 0 saturated carbocycles. The number of halogens is 3. The number of piperazine rings is 1. The quantitative estimate of drug-likeness (QED) is 0.762. The Morgan fingerprint density at radius 2 is 1.70 bits per heavy atom. The second kappa shape index (κ2) is 9.37. The molecule has 2 atom stereocenters. The van der Waals surface area contributed by atoms with E-state index in [0.717, 1.165) is 70.7 Å². The third-order valence-corrected chi connectivity index (χ3v) is 5.97. The Morgan fingerprint density at radius 3 is 2.33 bits per heavy atom. The fourth-order valence-electron chi connectivity index (χ4n) is 4.47. The van der Waals surface area contributed by atoms with E-state index < -0.39 is 17.5 Å². The Kier molecular flexibility index (Phi) is 7.14. The number of likely N-dealkylation sites (N-methyl/N-ethyl adjacent to an activating group) is 1. The molecule has 2 fully saturated rings. The molecule has 0 amide bonds. The van der Waals surface area contributed by atoms with Gasteiger partial charge in [-0.25, -0.2) is 13.2 Å². The monoisotopic (exact) mass is 385 g/mol. The van der Waals surface area contributed by atoms with Gasteiger partial charge in [-0.1, -0.05) is 0 Å². The molecule has 2 saturated heterocycles. The molecule has 152 valence electrons. The molecule has 7 heteroatoms. The maximum atomic E-state index is 13.5. The molecule has 1 aromatic carbocycles. The van der Waals surface area contributed by atoms with E-state index in [1.165, 1.54) is 0 Å². The highest BCUT2D eigenvalue weighted by Crippen LogP contribution is 2.28. The SMILES string of the molecule is CN1CCN([C@H]2CCN(Cc3cc(F)c(F)c(F)c3)C[C@H]2CCCO)CC1. The minimum Gasteiger partial charge on any atom is -0.396 e. The molecule has 2 aliphatic heterocycles. The van der Waals surface area contributed by atoms with E-state index in [9.17, 15) is 18.3 Å². The predicted molar refractivity (Wildman–Crippen MR) is 98.9 cm³/mol. The van der Waals surface area contributed by atoms with Crippen LogP contribution in [0.3, 0.4) is 0 Å². The highest BCUT2D eigenvalue weighted by atomic mass is 19.2. The topological polar surface area (TPSA) is 30.0 Å². The van der Waals surface area contributed by atoms with Crippen LogP contribution in [0.5, 0.6) is 0 Å². The summed E-state index contributed by atoms with van der Waals surface area (Å²) in [7, 11) is 2.14. The molecular formula is C20H30F3N3O. The summed E-state index contributed by atoms with van der Waals surface area (Å²) in [5.41, 5.74) is 0.463. The highest BCUT2D eigenvalue weighted by molar-refractivity contribution is 5.19. The van der Waals surface area contributed by atoms with Gasteiger partial charge in [-0.3, -0.25) is 9.80 Å². The van der Waals surface area contributed by atoms with Crippen LogP contribution in [0.15, 0.2) is 12.1 Å². The second-order valence-electron chi connectivity index (χ2n) is 7.93. The number of hydrogen-bond donors (Lipinski definition) is 1. The van der Waals surface area contributed by atoms with Crippen molar-refractivity contribution in [2.24, 2.45) is 5.92 Å². The van der Waals surface area contributed by atoms with E-state index in [-0.39, 0.29) is 6.61 Å². The van der Waals surface area contributed by atoms with Gasteiger partial charge in [0.2, 0.25) is 0 Å². The van der Waals surface area contributed by atoms with Gasteiger partial charge in [-0.2, -0.15) is 0 Å². The van der Waals surface area contributed by atoms with Gasteiger partial charge in [-0.05, 0) is 56.5 Å². The van der Waals surface area contributed by atoms with Gasteiger partial charge in [0.05, 0.1) is 0 Å². The first-order valence-electron chi connectivity index (χ1n) is 9.87. The Morgan fingerprint density at radius 1 is 1.04 bits per heavy atom.